The number of nitro groups is 1. The number of nitro benzene ring substituents is 1. The summed E-state index contributed by atoms with van der Waals surface area (Å²) in [6.45, 7) is 4.62. The van der Waals surface area contributed by atoms with Gasteiger partial charge in [0.15, 0.2) is 0 Å². The molecule has 7 heteroatoms. The van der Waals surface area contributed by atoms with Crippen molar-refractivity contribution in [1.82, 2.24) is 10.6 Å². The largest absolute Gasteiger partial charge is 0.353 e. The zero-order chi connectivity index (χ0) is 18.4. The van der Waals surface area contributed by atoms with E-state index in [0.29, 0.717) is 17.4 Å². The maximum Gasteiger partial charge on any atom is 0.269 e. The van der Waals surface area contributed by atoms with Gasteiger partial charge in [0.1, 0.15) is 0 Å². The van der Waals surface area contributed by atoms with Gasteiger partial charge >= 0.3 is 0 Å². The molecule has 0 spiro atoms. The number of nitrogens with one attached hydrogen (secondary N) is 2. The first-order valence-electron chi connectivity index (χ1n) is 8.70. The third-order valence-electron chi connectivity index (χ3n) is 5.03. The SMILES string of the molecule is C[C@@H]1[C@H](C)CCC[C@H]1NC(=O)CCNC(=O)c1ccc([N+](=O)[O-])cc1. The van der Waals surface area contributed by atoms with E-state index >= 15 is 0 Å². The highest BCUT2D eigenvalue weighted by Gasteiger charge is 2.27. The van der Waals surface area contributed by atoms with E-state index in [0.717, 1.165) is 12.8 Å². The quantitative estimate of drug-likeness (QED) is 0.610. The third kappa shape index (κ3) is 5.27. The lowest BCUT2D eigenvalue weighted by Gasteiger charge is -2.34. The van der Waals surface area contributed by atoms with Gasteiger partial charge in [-0.3, -0.25) is 19.7 Å². The molecule has 0 unspecified atom stereocenters. The van der Waals surface area contributed by atoms with E-state index in [-0.39, 0.29) is 36.5 Å². The second-order valence-electron chi connectivity index (χ2n) is 6.75. The number of hydrogen-bond acceptors (Lipinski definition) is 4. The van der Waals surface area contributed by atoms with Crippen LogP contribution in [0.15, 0.2) is 24.3 Å². The van der Waals surface area contributed by atoms with Gasteiger partial charge in [-0.25, -0.2) is 0 Å². The average molecular weight is 347 g/mol. The fourth-order valence-corrected chi connectivity index (χ4v) is 3.19. The van der Waals surface area contributed by atoms with Gasteiger partial charge < -0.3 is 10.6 Å². The van der Waals surface area contributed by atoms with E-state index in [4.69, 9.17) is 0 Å². The smallest absolute Gasteiger partial charge is 0.269 e. The van der Waals surface area contributed by atoms with Crippen LogP contribution in [0, 0.1) is 22.0 Å². The molecule has 1 fully saturated rings. The Bertz CT molecular complexity index is 630. The number of amides is 2. The summed E-state index contributed by atoms with van der Waals surface area (Å²) in [5, 5.41) is 16.3. The summed E-state index contributed by atoms with van der Waals surface area (Å²) < 4.78 is 0. The number of non-ortho nitro benzene ring substituents is 1. The van der Waals surface area contributed by atoms with Crippen LogP contribution in [0.2, 0.25) is 0 Å². The molecule has 1 aliphatic carbocycles. The molecule has 136 valence electrons. The van der Waals surface area contributed by atoms with Gasteiger partial charge in [-0.05, 0) is 30.4 Å². The molecule has 0 radical (unpaired) electrons. The highest BCUT2D eigenvalue weighted by molar-refractivity contribution is 5.94. The molecule has 1 aromatic rings. The van der Waals surface area contributed by atoms with E-state index in [1.165, 1.54) is 30.7 Å². The summed E-state index contributed by atoms with van der Waals surface area (Å²) in [5.74, 6) is 0.672. The molecular weight excluding hydrogens is 322 g/mol. The van der Waals surface area contributed by atoms with Crippen LogP contribution in [-0.4, -0.2) is 29.3 Å². The third-order valence-corrected chi connectivity index (χ3v) is 5.03. The lowest BCUT2D eigenvalue weighted by molar-refractivity contribution is -0.384. The van der Waals surface area contributed by atoms with E-state index in [1.807, 2.05) is 0 Å². The molecule has 2 rings (SSSR count). The van der Waals surface area contributed by atoms with Gasteiger partial charge in [-0.2, -0.15) is 0 Å². The Balaban J connectivity index is 1.75. The van der Waals surface area contributed by atoms with Crippen molar-refractivity contribution in [2.45, 2.75) is 45.6 Å². The molecule has 7 nitrogen and oxygen atoms in total. The van der Waals surface area contributed by atoms with Crippen molar-refractivity contribution in [3.8, 4) is 0 Å². The van der Waals surface area contributed by atoms with Crippen LogP contribution in [0.3, 0.4) is 0 Å². The van der Waals surface area contributed by atoms with E-state index in [9.17, 15) is 19.7 Å². The van der Waals surface area contributed by atoms with Crippen molar-refractivity contribution in [3.05, 3.63) is 39.9 Å². The van der Waals surface area contributed by atoms with Crippen molar-refractivity contribution in [3.63, 3.8) is 0 Å². The molecule has 0 saturated heterocycles. The molecule has 1 aliphatic rings. The molecule has 0 aromatic heterocycles. The second kappa shape index (κ2) is 8.60. The zero-order valence-corrected chi connectivity index (χ0v) is 14.7. The first-order chi connectivity index (χ1) is 11.9. The molecular formula is C18H25N3O4. The Morgan fingerprint density at radius 3 is 2.52 bits per heavy atom. The fraction of sp³-hybridized carbons (Fsp3) is 0.556. The minimum Gasteiger partial charge on any atom is -0.353 e. The number of benzene rings is 1. The van der Waals surface area contributed by atoms with Crippen LogP contribution in [0.5, 0.6) is 0 Å². The monoisotopic (exact) mass is 347 g/mol. The maximum atomic E-state index is 12.1. The Kier molecular flexibility index (Phi) is 6.50. The molecule has 3 atom stereocenters. The van der Waals surface area contributed by atoms with Crippen molar-refractivity contribution in [2.75, 3.05) is 6.54 Å². The maximum absolute atomic E-state index is 12.1. The second-order valence-corrected chi connectivity index (χ2v) is 6.75. The Labute approximate surface area is 147 Å². The molecule has 1 aromatic carbocycles. The van der Waals surface area contributed by atoms with Crippen LogP contribution in [0.1, 0.15) is 49.9 Å². The lowest BCUT2D eigenvalue weighted by atomic mass is 9.78. The van der Waals surface area contributed by atoms with Gasteiger partial charge in [-0.1, -0.05) is 26.7 Å². The summed E-state index contributed by atoms with van der Waals surface area (Å²) >= 11 is 0. The molecule has 0 aliphatic heterocycles. The van der Waals surface area contributed by atoms with Gasteiger partial charge in [0.05, 0.1) is 4.92 Å². The summed E-state index contributed by atoms with van der Waals surface area (Å²) in [5.41, 5.74) is 0.271. The van der Waals surface area contributed by atoms with Gasteiger partial charge in [0.25, 0.3) is 11.6 Å². The van der Waals surface area contributed by atoms with Crippen LogP contribution in [0.25, 0.3) is 0 Å². The predicted octanol–water partition coefficient (Wildman–Crippen LogP) is 2.66. The molecule has 2 N–H and O–H groups in total. The number of rotatable bonds is 6. The fourth-order valence-electron chi connectivity index (χ4n) is 3.19. The Morgan fingerprint density at radius 1 is 1.20 bits per heavy atom. The van der Waals surface area contributed by atoms with Crippen molar-refractivity contribution in [2.24, 2.45) is 11.8 Å². The lowest BCUT2D eigenvalue weighted by Crippen LogP contribution is -2.44. The van der Waals surface area contributed by atoms with Crippen LogP contribution in [-0.2, 0) is 4.79 Å². The zero-order valence-electron chi connectivity index (χ0n) is 14.7. The molecule has 0 heterocycles. The minimum absolute atomic E-state index is 0.0602. The highest BCUT2D eigenvalue weighted by Crippen LogP contribution is 2.29. The summed E-state index contributed by atoms with van der Waals surface area (Å²) in [4.78, 5) is 34.1. The minimum atomic E-state index is -0.515. The van der Waals surface area contributed by atoms with Gasteiger partial charge in [-0.15, -0.1) is 0 Å². The molecule has 2 amide bonds. The first-order valence-corrected chi connectivity index (χ1v) is 8.70. The number of hydrogen-bond donors (Lipinski definition) is 2. The predicted molar refractivity (Wildman–Crippen MR) is 94.2 cm³/mol. The summed E-state index contributed by atoms with van der Waals surface area (Å²) in [7, 11) is 0. The van der Waals surface area contributed by atoms with Gasteiger partial charge in [0.2, 0.25) is 5.91 Å². The van der Waals surface area contributed by atoms with Gasteiger partial charge in [0, 0.05) is 36.7 Å². The summed E-state index contributed by atoms with van der Waals surface area (Å²) in [6, 6.07) is 5.58. The van der Waals surface area contributed by atoms with Crippen LogP contribution < -0.4 is 10.6 Å². The van der Waals surface area contributed by atoms with E-state index < -0.39 is 4.92 Å². The highest BCUT2D eigenvalue weighted by atomic mass is 16.6. The number of nitrogens with zero attached hydrogens (tertiary/aromatic N) is 1. The normalized spacial score (nSPS) is 22.9. The average Bonchev–Trinajstić information content (AvgIpc) is 2.59. The van der Waals surface area contributed by atoms with E-state index in [1.54, 1.807) is 0 Å². The van der Waals surface area contributed by atoms with Crippen molar-refractivity contribution >= 4 is 17.5 Å². The molecule has 0 bridgehead atoms. The number of carbonyl (C=O) groups is 2. The Morgan fingerprint density at radius 2 is 1.88 bits per heavy atom. The van der Waals surface area contributed by atoms with Crippen LogP contribution >= 0.6 is 0 Å². The van der Waals surface area contributed by atoms with Crippen LogP contribution in [0.4, 0.5) is 5.69 Å². The molecule has 25 heavy (non-hydrogen) atoms. The molecule has 1 saturated carbocycles. The van der Waals surface area contributed by atoms with E-state index in [2.05, 4.69) is 24.5 Å². The first kappa shape index (κ1) is 18.9. The topological polar surface area (TPSA) is 101 Å². The van der Waals surface area contributed by atoms with Crippen molar-refractivity contribution in [1.29, 1.82) is 0 Å². The van der Waals surface area contributed by atoms with Crippen molar-refractivity contribution < 1.29 is 14.5 Å². The standard InChI is InChI=1S/C18H25N3O4/c1-12-4-3-5-16(13(12)2)20-17(22)10-11-19-18(23)14-6-8-15(9-7-14)21(24)25/h6-9,12-13,16H,3-5,10-11H2,1-2H3,(H,19,23)(H,20,22)/t12-,13-,16-/m1/s1. The number of carbonyl (C=O) groups excluding carboxylic acids is 2. The summed E-state index contributed by atoms with van der Waals surface area (Å²) in [6.07, 6.45) is 3.56. The Hall–Kier alpha value is -2.44.